The molecule has 2 aromatic rings. The average Bonchev–Trinajstić information content (AvgIpc) is 4.01. The minimum Gasteiger partial charge on any atom is -0.491 e. The molecule has 0 saturated carbocycles. The molecule has 276 valence electrons. The molecule has 4 rings (SSSR count). The van der Waals surface area contributed by atoms with Gasteiger partial charge in [0.15, 0.2) is 0 Å². The van der Waals surface area contributed by atoms with Crippen LogP contribution in [0.25, 0.3) is 0 Å². The molecule has 6 nitrogen and oxygen atoms in total. The highest BCUT2D eigenvalue weighted by Crippen LogP contribution is 2.46. The molecule has 0 aliphatic carbocycles. The molecule has 0 radical (unpaired) electrons. The zero-order valence-electron chi connectivity index (χ0n) is 33.1. The van der Waals surface area contributed by atoms with Crippen molar-refractivity contribution in [3.63, 3.8) is 0 Å². The molecule has 0 spiro atoms. The summed E-state index contributed by atoms with van der Waals surface area (Å²) in [5.41, 5.74) is 7.59. The van der Waals surface area contributed by atoms with Crippen LogP contribution < -0.4 is 9.47 Å². The van der Waals surface area contributed by atoms with Crippen LogP contribution in [0.4, 0.5) is 0 Å². The monoisotopic (exact) mass is 681 g/mol. The molecule has 2 aliphatic heterocycles. The largest absolute Gasteiger partial charge is 0.491 e. The Morgan fingerprint density at radius 3 is 1.04 bits per heavy atom. The molecule has 0 amide bonds. The van der Waals surface area contributed by atoms with Crippen LogP contribution in [0.5, 0.6) is 11.5 Å². The van der Waals surface area contributed by atoms with Crippen molar-refractivity contribution in [3.05, 3.63) is 57.6 Å². The molecule has 2 aromatic carbocycles. The Morgan fingerprint density at radius 2 is 0.796 bits per heavy atom. The topological polar surface area (TPSA) is 62.0 Å². The smallest absolute Gasteiger partial charge is 0.126 e. The van der Waals surface area contributed by atoms with Gasteiger partial charge in [0.05, 0.1) is 39.6 Å². The lowest BCUT2D eigenvalue weighted by Crippen LogP contribution is -2.25. The maximum atomic E-state index is 6.70. The van der Waals surface area contributed by atoms with Gasteiger partial charge >= 0.3 is 0 Å². The van der Waals surface area contributed by atoms with Gasteiger partial charge in [0, 0.05) is 22.3 Å². The third kappa shape index (κ3) is 10.5. The molecule has 0 aromatic heterocycles. The van der Waals surface area contributed by atoms with Gasteiger partial charge in [-0.3, -0.25) is 0 Å². The van der Waals surface area contributed by atoms with Crippen LogP contribution in [0, 0.1) is 0 Å². The second-order valence-electron chi connectivity index (χ2n) is 16.9. The van der Waals surface area contributed by atoms with Crippen molar-refractivity contribution in [3.8, 4) is 11.5 Å². The fourth-order valence-corrected chi connectivity index (χ4v) is 6.06. The minimum absolute atomic E-state index is 0.0528. The summed E-state index contributed by atoms with van der Waals surface area (Å²) in [6, 6.07) is 9.70. The molecule has 2 unspecified atom stereocenters. The van der Waals surface area contributed by atoms with E-state index in [4.69, 9.17) is 28.4 Å². The van der Waals surface area contributed by atoms with Crippen molar-refractivity contribution in [1.82, 2.24) is 0 Å². The molecule has 6 heteroatoms. The highest BCUT2D eigenvalue weighted by molar-refractivity contribution is 5.55. The van der Waals surface area contributed by atoms with Crippen molar-refractivity contribution >= 4 is 0 Å². The first kappa shape index (κ1) is 39.7. The van der Waals surface area contributed by atoms with Crippen molar-refractivity contribution in [2.75, 3.05) is 52.9 Å². The first-order chi connectivity index (χ1) is 23.1. The van der Waals surface area contributed by atoms with Gasteiger partial charge in [0.1, 0.15) is 36.9 Å². The molecule has 2 saturated heterocycles. The predicted octanol–water partition coefficient (Wildman–Crippen LogP) is 9.62. The Labute approximate surface area is 298 Å². The van der Waals surface area contributed by atoms with Crippen LogP contribution >= 0.6 is 0 Å². The molecule has 0 bridgehead atoms. The lowest BCUT2D eigenvalue weighted by Gasteiger charge is -2.34. The van der Waals surface area contributed by atoms with E-state index in [9.17, 15) is 0 Å². The minimum atomic E-state index is -0.0528. The molecule has 0 N–H and O–H groups in total. The van der Waals surface area contributed by atoms with E-state index < -0.39 is 0 Å². The van der Waals surface area contributed by atoms with E-state index in [0.29, 0.717) is 39.6 Å². The second-order valence-corrected chi connectivity index (χ2v) is 16.9. The maximum absolute atomic E-state index is 6.70. The number of benzene rings is 2. The van der Waals surface area contributed by atoms with E-state index in [1.807, 2.05) is 0 Å². The van der Waals surface area contributed by atoms with Crippen LogP contribution in [-0.2, 0) is 47.0 Å². The van der Waals surface area contributed by atoms with E-state index in [0.717, 1.165) is 56.8 Å². The van der Waals surface area contributed by atoms with Crippen molar-refractivity contribution in [2.45, 2.75) is 149 Å². The highest BCUT2D eigenvalue weighted by Gasteiger charge is 2.33. The average molecular weight is 681 g/mol. The van der Waals surface area contributed by atoms with Gasteiger partial charge in [-0.1, -0.05) is 107 Å². The molecule has 2 fully saturated rings. The summed E-state index contributed by atoms with van der Waals surface area (Å²) in [6.07, 6.45) is 5.43. The van der Waals surface area contributed by atoms with Gasteiger partial charge in [-0.2, -0.15) is 0 Å². The predicted molar refractivity (Wildman–Crippen MR) is 201 cm³/mol. The quantitative estimate of drug-likeness (QED) is 0.0912. The van der Waals surface area contributed by atoms with E-state index >= 15 is 0 Å². The normalized spacial score (nSPS) is 18.1. The maximum Gasteiger partial charge on any atom is 0.126 e. The molecular formula is C43H68O6. The lowest BCUT2D eigenvalue weighted by molar-refractivity contribution is 0.0865. The fourth-order valence-electron chi connectivity index (χ4n) is 6.06. The molecular weight excluding hydrogens is 612 g/mol. The van der Waals surface area contributed by atoms with Crippen molar-refractivity contribution in [2.24, 2.45) is 0 Å². The number of rotatable bonds is 22. The summed E-state index contributed by atoms with van der Waals surface area (Å²) in [7, 11) is 0. The first-order valence-electron chi connectivity index (χ1n) is 19.1. The summed E-state index contributed by atoms with van der Waals surface area (Å²) >= 11 is 0. The third-order valence-corrected chi connectivity index (χ3v) is 11.5. The van der Waals surface area contributed by atoms with Crippen molar-refractivity contribution in [1.29, 1.82) is 0 Å². The zero-order chi connectivity index (χ0) is 36.0. The summed E-state index contributed by atoms with van der Waals surface area (Å²) in [5.74, 6) is 2.07. The van der Waals surface area contributed by atoms with Crippen LogP contribution in [0.3, 0.4) is 0 Å². The van der Waals surface area contributed by atoms with Crippen LogP contribution in [-0.4, -0.2) is 65.1 Å². The Kier molecular flexibility index (Phi) is 13.3. The standard InChI is InChI=1S/C43H68O6/c1-13-40(5,6)34-22-30(23-35(41(7,8)14-2)38(34)46-19-17-44-26-32-28-48-32)21-31-24-36(42(9,10)15-3)39(37(25-31)43(11,12)16-4)47-20-18-45-27-33-29-49-33/h22-25,32-33H,13-21,26-29H2,1-12H3. The lowest BCUT2D eigenvalue weighted by atomic mass is 9.73. The van der Waals surface area contributed by atoms with Crippen LogP contribution in [0.2, 0.25) is 0 Å². The highest BCUT2D eigenvalue weighted by atomic mass is 16.6. The summed E-state index contributed by atoms with van der Waals surface area (Å²) in [6.45, 7) is 33.0. The van der Waals surface area contributed by atoms with Gasteiger partial charge in [0.25, 0.3) is 0 Å². The first-order valence-corrected chi connectivity index (χ1v) is 19.1. The van der Waals surface area contributed by atoms with Crippen LogP contribution in [0.15, 0.2) is 24.3 Å². The van der Waals surface area contributed by atoms with E-state index in [2.05, 4.69) is 107 Å². The number of hydrogen-bond donors (Lipinski definition) is 0. The van der Waals surface area contributed by atoms with Crippen molar-refractivity contribution < 1.29 is 28.4 Å². The number of epoxide rings is 2. The van der Waals surface area contributed by atoms with Gasteiger partial charge in [-0.15, -0.1) is 0 Å². The summed E-state index contributed by atoms with van der Waals surface area (Å²) in [4.78, 5) is 0. The van der Waals surface area contributed by atoms with Gasteiger partial charge in [0.2, 0.25) is 0 Å². The summed E-state index contributed by atoms with van der Waals surface area (Å²) < 4.78 is 35.8. The molecule has 49 heavy (non-hydrogen) atoms. The Bertz CT molecular complexity index is 1190. The fraction of sp³-hybridized carbons (Fsp3) is 0.721. The van der Waals surface area contributed by atoms with Gasteiger partial charge in [-0.25, -0.2) is 0 Å². The molecule has 2 aliphatic rings. The molecule has 2 atom stereocenters. The van der Waals surface area contributed by atoms with Gasteiger partial charge in [-0.05, 0) is 64.9 Å². The SMILES string of the molecule is CCC(C)(C)c1cc(Cc2cc(C(C)(C)CC)c(OCCOCC3CO3)c(C(C)(C)CC)c2)cc(C(C)(C)CC)c1OCCOCC1CO1. The number of ether oxygens (including phenoxy) is 6. The van der Waals surface area contributed by atoms with Crippen LogP contribution in [0.1, 0.15) is 142 Å². The third-order valence-electron chi connectivity index (χ3n) is 11.5. The Morgan fingerprint density at radius 1 is 0.510 bits per heavy atom. The van der Waals surface area contributed by atoms with Gasteiger partial charge < -0.3 is 28.4 Å². The zero-order valence-corrected chi connectivity index (χ0v) is 33.1. The summed E-state index contributed by atoms with van der Waals surface area (Å²) in [5, 5.41) is 0. The molecule has 2 heterocycles. The van der Waals surface area contributed by atoms with E-state index in [-0.39, 0.29) is 33.9 Å². The van der Waals surface area contributed by atoms with E-state index in [1.165, 1.54) is 33.4 Å². The second kappa shape index (κ2) is 16.5. The Balaban J connectivity index is 1.76. The Hall–Kier alpha value is -2.12. The van der Waals surface area contributed by atoms with E-state index in [1.54, 1.807) is 0 Å². The number of hydrogen-bond acceptors (Lipinski definition) is 6.